The molecule has 5 nitrogen and oxygen atoms in total. The maximum atomic E-state index is 11.2. The molecule has 0 saturated carbocycles. The zero-order valence-corrected chi connectivity index (χ0v) is 53.2. The minimum Gasteiger partial charge on any atom is -0.510 e. The number of para-hydroxylation sites is 2. The Kier molecular flexibility index (Phi) is 8.00. The van der Waals surface area contributed by atoms with E-state index >= 15 is 0 Å². The van der Waals surface area contributed by atoms with Gasteiger partial charge in [-0.05, 0) is 142 Å². The molecule has 3 aromatic heterocycles. The van der Waals surface area contributed by atoms with Gasteiger partial charge in [0, 0.05) is 54.0 Å². The van der Waals surface area contributed by atoms with Crippen LogP contribution in [-0.4, -0.2) is 22.2 Å². The van der Waals surface area contributed by atoms with Crippen LogP contribution in [0.1, 0.15) is 65.9 Å². The molecule has 0 radical (unpaired) electrons. The van der Waals surface area contributed by atoms with Crippen molar-refractivity contribution in [2.24, 2.45) is 0 Å². The molecule has 14 aromatic carbocycles. The van der Waals surface area contributed by atoms with Gasteiger partial charge in [-0.2, -0.15) is 18.2 Å². The Morgan fingerprint density at radius 1 is 0.418 bits per heavy atom. The molecule has 0 saturated heterocycles. The minimum absolute atomic E-state index is 0. The zero-order chi connectivity index (χ0) is 103. The van der Waals surface area contributed by atoms with Crippen LogP contribution in [0.3, 0.4) is 0 Å². The predicted molar refractivity (Wildman–Crippen MR) is 401 cm³/mol. The van der Waals surface area contributed by atoms with E-state index in [0.29, 0.717) is 16.3 Å². The summed E-state index contributed by atoms with van der Waals surface area (Å²) in [5.74, 6) is -0.364. The van der Waals surface area contributed by atoms with Crippen molar-refractivity contribution in [2.75, 3.05) is 0 Å². The number of rotatable bonds is 15. The van der Waals surface area contributed by atoms with Gasteiger partial charge in [0.05, 0.1) is 72.9 Å². The molecule has 468 valence electrons. The number of aryl methyl sites for hydroxylation is 1. The van der Waals surface area contributed by atoms with E-state index in [1.807, 2.05) is 0 Å². The van der Waals surface area contributed by atoms with E-state index in [9.17, 15) is 32.9 Å². The molecule has 0 bridgehead atoms. The van der Waals surface area contributed by atoms with E-state index in [-0.39, 0.29) is 71.7 Å². The second-order valence-electron chi connectivity index (χ2n) is 21.3. The van der Waals surface area contributed by atoms with Crippen LogP contribution in [0.25, 0.3) is 117 Å². The minimum atomic E-state index is -6.76. The molecule has 0 N–H and O–H groups in total. The predicted octanol–water partition coefficient (Wildman–Crippen LogP) is 19.3. The molecule has 0 amide bonds. The third-order valence-electron chi connectivity index (χ3n) is 15.8. The maximum Gasteiger partial charge on any atom is 0.268 e. The summed E-state index contributed by atoms with van der Waals surface area (Å²) in [4.78, 5) is 4.66. The number of fused-ring (bicyclic) bond motifs is 4. The van der Waals surface area contributed by atoms with Gasteiger partial charge in [-0.1, -0.05) is 290 Å². The van der Waals surface area contributed by atoms with Crippen molar-refractivity contribution < 1.29 is 90.7 Å². The monoisotopic (exact) mass is 1490 g/mol. The van der Waals surface area contributed by atoms with E-state index in [1.54, 1.807) is 30.3 Å². The first-order valence-corrected chi connectivity index (χ1v) is 31.3. The van der Waals surface area contributed by atoms with E-state index < -0.39 is 350 Å². The molecule has 3 heterocycles. The number of aromatic nitrogens is 4. The number of pyridine rings is 1. The van der Waals surface area contributed by atoms with Gasteiger partial charge in [-0.25, -0.2) is 4.98 Å². The first-order chi connectivity index (χ1) is 66.2. The van der Waals surface area contributed by atoms with Crippen LogP contribution >= 0.6 is 0 Å². The van der Waals surface area contributed by atoms with Gasteiger partial charge in [-0.15, -0.1) is 29.7 Å². The van der Waals surface area contributed by atoms with Crippen molar-refractivity contribution in [1.29, 1.82) is 0 Å². The Morgan fingerprint density at radius 3 is 1.66 bits per heavy atom. The van der Waals surface area contributed by atoms with Gasteiger partial charge < -0.3 is 13.9 Å². The Morgan fingerprint density at radius 2 is 0.980 bits per heavy atom. The second-order valence-corrected chi connectivity index (χ2v) is 24.8. The number of hydrogen-bond donors (Lipinski definition) is 0. The average molecular weight is 1490 g/mol. The van der Waals surface area contributed by atoms with Crippen LogP contribution in [0.4, 0.5) is 0 Å². The molecule has 17 rings (SSSR count). The summed E-state index contributed by atoms with van der Waals surface area (Å²) in [6.45, 7) is -3.03. The SMILES string of the molecule is [2H]c1cc(-c2c([2H])c(-c3cccc(-c4c([2H])c([2H])c([2H])c([Si](c5c([2H])c([2H])c([2H])c([2H])c5[2H])(c5c([2H])c([2H])c([2H])c([2H])c5[2H])c5c([2H])c([2H])c([2H])c([2H])c5[2H])c4[2H])c3-[n+]3[c-]n(-c4[c-]c(Oc5[c-]c6c(cc5)c5ccccc5n6-c5cc(C([2H])([2H])[2H])c(-c6c([2H])c([2H])c([2H])c([2H])c6[2H])cn5)ccc4)c4cc(-c5c([2H])c([2H])c([2H])c([2H])c5[2H])ccc43)c([2H])c(-c3c([2H])c([2H])c([2H])c([2H])c3[2H])c2[2H])c([2H])c([2H])c1[2H].[Pt]. The van der Waals surface area contributed by atoms with E-state index in [0.717, 1.165) is 35.0 Å². The Hall–Kier alpha value is -11.8. The molecular formula is C91H62N4OPtSi-2. The number of nitrogens with zero attached hydrogens (tertiary/aromatic N) is 4. The van der Waals surface area contributed by atoms with Crippen molar-refractivity contribution in [1.82, 2.24) is 14.1 Å². The third kappa shape index (κ3) is 11.2. The van der Waals surface area contributed by atoms with Gasteiger partial charge in [0.15, 0.2) is 8.07 Å². The summed E-state index contributed by atoms with van der Waals surface area (Å²) in [5, 5.41) is -4.00. The number of ether oxygens (including phenoxy) is 1. The summed E-state index contributed by atoms with van der Waals surface area (Å²) in [6.07, 6.45) is 4.28. The van der Waals surface area contributed by atoms with Crippen LogP contribution in [-0.2, 0) is 21.1 Å². The topological polar surface area (TPSA) is 35.9 Å². The smallest absolute Gasteiger partial charge is 0.268 e. The quantitative estimate of drug-likeness (QED) is 0.0444. The van der Waals surface area contributed by atoms with Gasteiger partial charge in [0.1, 0.15) is 5.82 Å². The first kappa shape index (κ1) is 29.7. The molecule has 17 aromatic rings. The van der Waals surface area contributed by atoms with Crippen molar-refractivity contribution in [2.45, 2.75) is 6.85 Å². The fourth-order valence-corrected chi connectivity index (χ4v) is 15.2. The summed E-state index contributed by atoms with van der Waals surface area (Å²) < 4.78 is 422. The second kappa shape index (κ2) is 26.4. The molecule has 0 fully saturated rings. The third-order valence-corrected chi connectivity index (χ3v) is 19.8. The Bertz CT molecular complexity index is 8150. The average Bonchev–Trinajstić information content (AvgIpc) is 0.738. The van der Waals surface area contributed by atoms with Crippen LogP contribution in [0.15, 0.2) is 357 Å². The van der Waals surface area contributed by atoms with E-state index in [2.05, 4.69) is 23.4 Å². The van der Waals surface area contributed by atoms with Crippen molar-refractivity contribution in [3.05, 3.63) is 381 Å². The molecule has 7 heteroatoms. The molecule has 0 spiro atoms. The zero-order valence-electron chi connectivity index (χ0n) is 93.9. The Balaban J connectivity index is 0.0000145. The number of benzene rings is 14. The molecule has 0 atom stereocenters. The van der Waals surface area contributed by atoms with Crippen molar-refractivity contribution in [3.63, 3.8) is 0 Å². The summed E-state index contributed by atoms with van der Waals surface area (Å²) in [6, 6.07) is -15.0. The fourth-order valence-electron chi connectivity index (χ4n) is 11.6. The largest absolute Gasteiger partial charge is 0.510 e. The molecular weight excluding hydrogens is 1390 g/mol. The fraction of sp³-hybridized carbons (Fsp3) is 0.0110. The maximum absolute atomic E-state index is 11.2. The van der Waals surface area contributed by atoms with Gasteiger partial charge in [0.2, 0.25) is 0 Å². The van der Waals surface area contributed by atoms with Crippen LogP contribution < -0.4 is 30.1 Å². The standard InChI is InChI=1S/C91H62N4OSi.Pt/c1-64-54-90(92-62-85(64)68-34-15-5-16-35-68)95-86-49-24-23-46-83(86)84-52-51-76(61-88(84)95)96-75-38-26-37-74(60-75)93-63-94(87-53-50-69(59-89(87)93)65-28-9-2-10-29-65)91-81(47-27-48-82(91)73-56-71(66-30-11-3-12-31-66)55-72(57-73)67-32-13-4-14-33-67)70-36-25-45-80(58-70)97(77-39-17-6-18-40-77,78-41-19-7-20-42-78)79-43-21-8-22-44-79;/h2-59,62H,1H3;/q-2;/i1D3,2D,3D,4D,5D,6D,7D,8D,9D,10D,11D,12D,13D,14D,15D,16D,17D,18D,19D,20D,21D,22D,25D,28D,29D,30D,31D,32D,34D,35D,36D,39D,40D,41D,42D,43D,44D,45D,55D,56D,57D,58D;. The molecule has 0 aliphatic carbocycles. The molecule has 98 heavy (non-hydrogen) atoms. The van der Waals surface area contributed by atoms with E-state index in [1.165, 1.54) is 57.7 Å². The van der Waals surface area contributed by atoms with Crippen molar-refractivity contribution in [3.8, 4) is 95.5 Å². The summed E-state index contributed by atoms with van der Waals surface area (Å²) in [7, 11) is -6.76. The van der Waals surface area contributed by atoms with Crippen LogP contribution in [0.2, 0.25) is 0 Å². The van der Waals surface area contributed by atoms with Crippen LogP contribution in [0.5, 0.6) is 11.5 Å². The number of imidazole rings is 1. The van der Waals surface area contributed by atoms with Crippen molar-refractivity contribution >= 4 is 61.7 Å². The van der Waals surface area contributed by atoms with Gasteiger partial charge in [0.25, 0.3) is 6.33 Å². The summed E-state index contributed by atoms with van der Waals surface area (Å²) in [5.41, 5.74) is -9.17. The first-order valence-electron chi connectivity index (χ1n) is 51.3. The molecule has 0 aliphatic rings. The van der Waals surface area contributed by atoms with Gasteiger partial charge >= 0.3 is 0 Å². The normalized spacial score (nSPS) is 17.9. The molecule has 0 aliphatic heterocycles. The summed E-state index contributed by atoms with van der Waals surface area (Å²) >= 11 is 0. The van der Waals surface area contributed by atoms with Gasteiger partial charge in [-0.3, -0.25) is 4.57 Å². The number of hydrogen-bond acceptors (Lipinski definition) is 2. The van der Waals surface area contributed by atoms with E-state index in [4.69, 9.17) is 32.2 Å². The Labute approximate surface area is 648 Å². The van der Waals surface area contributed by atoms with Crippen LogP contribution in [0, 0.1) is 25.3 Å². The molecule has 0 unspecified atom stereocenters.